The molecular weight excluding hydrogens is 480 g/mol. The number of anilines is 1. The molecule has 3 heterocycles. The Morgan fingerprint density at radius 3 is 2.45 bits per heavy atom. The summed E-state index contributed by atoms with van der Waals surface area (Å²) < 4.78 is 18.3. The molecule has 0 radical (unpaired) electrons. The van der Waals surface area contributed by atoms with Crippen LogP contribution >= 0.6 is 15.9 Å². The summed E-state index contributed by atoms with van der Waals surface area (Å²) >= 11 is 3.54. The van der Waals surface area contributed by atoms with Crippen LogP contribution in [0, 0.1) is 5.41 Å². The lowest BCUT2D eigenvalue weighted by Crippen LogP contribution is -2.28. The number of benzene rings is 1. The van der Waals surface area contributed by atoms with Gasteiger partial charge in [0.15, 0.2) is 6.29 Å². The highest BCUT2D eigenvalue weighted by molar-refractivity contribution is 9.10. The quantitative estimate of drug-likeness (QED) is 0.464. The van der Waals surface area contributed by atoms with E-state index >= 15 is 0 Å². The minimum Gasteiger partial charge on any atom is -0.383 e. The average Bonchev–Trinajstić information content (AvgIpc) is 2.81. The Morgan fingerprint density at radius 2 is 1.79 bits per heavy atom. The molecule has 33 heavy (non-hydrogen) atoms. The molecule has 2 aliphatic heterocycles. The molecule has 1 atom stereocenters. The number of halogens is 1. The van der Waals surface area contributed by atoms with Gasteiger partial charge in [0.25, 0.3) is 0 Å². The van der Waals surface area contributed by atoms with Crippen LogP contribution in [0.1, 0.15) is 75.8 Å². The van der Waals surface area contributed by atoms with Crippen molar-refractivity contribution in [2.75, 3.05) is 32.2 Å². The van der Waals surface area contributed by atoms with Gasteiger partial charge in [0.1, 0.15) is 5.82 Å². The van der Waals surface area contributed by atoms with E-state index in [9.17, 15) is 0 Å². The molecule has 6 heteroatoms. The van der Waals surface area contributed by atoms with Gasteiger partial charge in [-0.25, -0.2) is 4.98 Å². The monoisotopic (exact) mass is 516 g/mol. The third-order valence-corrected chi connectivity index (χ3v) is 7.59. The standard InChI is InChI=1S/C27H37BrN2O3/c1-27(2,3)23(7-8-25-32-11-4-12-33-25)22-15-19(20-16-24(28)26(29)30-17-20)5-6-21(22)18-9-13-31-14-10-18/h5-6,15-18,23,25H,4,7-14H2,1-3H3,(H2,29,30)/t23-/m0/s1. The third-order valence-electron chi connectivity index (χ3n) is 6.96. The maximum absolute atomic E-state index is 5.94. The van der Waals surface area contributed by atoms with E-state index in [1.807, 2.05) is 6.20 Å². The van der Waals surface area contributed by atoms with E-state index in [1.165, 1.54) is 16.7 Å². The van der Waals surface area contributed by atoms with Gasteiger partial charge in [-0.2, -0.15) is 0 Å². The van der Waals surface area contributed by atoms with Crippen molar-refractivity contribution in [2.45, 2.75) is 71.0 Å². The molecule has 1 aromatic carbocycles. The van der Waals surface area contributed by atoms with Crippen LogP contribution in [-0.2, 0) is 14.2 Å². The second kappa shape index (κ2) is 10.9. The Labute approximate surface area is 206 Å². The first-order chi connectivity index (χ1) is 15.8. The zero-order chi connectivity index (χ0) is 23.4. The molecule has 2 saturated heterocycles. The smallest absolute Gasteiger partial charge is 0.157 e. The van der Waals surface area contributed by atoms with E-state index in [-0.39, 0.29) is 11.7 Å². The summed E-state index contributed by atoms with van der Waals surface area (Å²) in [5, 5.41) is 0. The number of rotatable bonds is 6. The molecule has 1 aromatic heterocycles. The van der Waals surface area contributed by atoms with Crippen LogP contribution in [0.15, 0.2) is 34.9 Å². The Hall–Kier alpha value is -1.47. The SMILES string of the molecule is CC(C)(C)[C@@H](CCC1OCCCO1)c1cc(-c2cnc(N)c(Br)c2)ccc1C1CCOCC1. The number of nitrogens with two attached hydrogens (primary N) is 1. The van der Waals surface area contributed by atoms with Crippen molar-refractivity contribution in [1.82, 2.24) is 4.98 Å². The highest BCUT2D eigenvalue weighted by Gasteiger charge is 2.32. The number of nitrogens with zero attached hydrogens (tertiary/aromatic N) is 1. The second-order valence-electron chi connectivity index (χ2n) is 10.3. The summed E-state index contributed by atoms with van der Waals surface area (Å²) in [5.74, 6) is 1.43. The lowest BCUT2D eigenvalue weighted by molar-refractivity contribution is -0.182. The molecule has 2 aliphatic rings. The number of hydrogen-bond donors (Lipinski definition) is 1. The first kappa shape index (κ1) is 24.6. The molecule has 180 valence electrons. The zero-order valence-corrected chi connectivity index (χ0v) is 21.7. The number of ether oxygens (including phenoxy) is 3. The Bertz CT molecular complexity index is 931. The van der Waals surface area contributed by atoms with Gasteiger partial charge in [0, 0.05) is 25.0 Å². The highest BCUT2D eigenvalue weighted by Crippen LogP contribution is 2.45. The van der Waals surface area contributed by atoms with Crippen LogP contribution in [0.25, 0.3) is 11.1 Å². The molecule has 0 unspecified atom stereocenters. The van der Waals surface area contributed by atoms with Crippen molar-refractivity contribution in [2.24, 2.45) is 5.41 Å². The van der Waals surface area contributed by atoms with Crippen LogP contribution in [-0.4, -0.2) is 37.7 Å². The fourth-order valence-electron chi connectivity index (χ4n) is 5.10. The molecule has 0 aliphatic carbocycles. The van der Waals surface area contributed by atoms with Gasteiger partial charge in [0.05, 0.1) is 17.7 Å². The van der Waals surface area contributed by atoms with E-state index in [2.05, 4.69) is 66.0 Å². The summed E-state index contributed by atoms with van der Waals surface area (Å²) in [7, 11) is 0. The topological polar surface area (TPSA) is 66.6 Å². The highest BCUT2D eigenvalue weighted by atomic mass is 79.9. The number of aromatic nitrogens is 1. The minimum atomic E-state index is -0.0874. The molecule has 0 saturated carbocycles. The molecule has 5 nitrogen and oxygen atoms in total. The van der Waals surface area contributed by atoms with Crippen molar-refractivity contribution in [1.29, 1.82) is 0 Å². The summed E-state index contributed by atoms with van der Waals surface area (Å²) in [5.41, 5.74) is 11.2. The summed E-state index contributed by atoms with van der Waals surface area (Å²) in [6, 6.07) is 9.03. The second-order valence-corrected chi connectivity index (χ2v) is 11.2. The normalized spacial score (nSPS) is 19.5. The van der Waals surface area contributed by atoms with Crippen molar-refractivity contribution in [3.05, 3.63) is 46.1 Å². The average molecular weight is 518 g/mol. The summed E-state index contributed by atoms with van der Waals surface area (Å²) in [6.07, 6.45) is 6.85. The Kier molecular flexibility index (Phi) is 8.11. The molecule has 2 N–H and O–H groups in total. The van der Waals surface area contributed by atoms with E-state index < -0.39 is 0 Å². The van der Waals surface area contributed by atoms with Crippen LogP contribution < -0.4 is 5.73 Å². The van der Waals surface area contributed by atoms with Crippen molar-refractivity contribution in [3.63, 3.8) is 0 Å². The number of hydrogen-bond acceptors (Lipinski definition) is 5. The van der Waals surface area contributed by atoms with Crippen LogP contribution in [0.4, 0.5) is 5.82 Å². The maximum Gasteiger partial charge on any atom is 0.157 e. The van der Waals surface area contributed by atoms with Gasteiger partial charge in [0.2, 0.25) is 0 Å². The first-order valence-electron chi connectivity index (χ1n) is 12.2. The predicted molar refractivity (Wildman–Crippen MR) is 136 cm³/mol. The fraction of sp³-hybridized carbons (Fsp3) is 0.593. The lowest BCUT2D eigenvalue weighted by Gasteiger charge is -2.36. The predicted octanol–water partition coefficient (Wildman–Crippen LogP) is 6.66. The van der Waals surface area contributed by atoms with Crippen LogP contribution in [0.5, 0.6) is 0 Å². The fourth-order valence-corrected chi connectivity index (χ4v) is 5.45. The number of pyridine rings is 1. The molecule has 4 rings (SSSR count). The van der Waals surface area contributed by atoms with Crippen LogP contribution in [0.3, 0.4) is 0 Å². The van der Waals surface area contributed by atoms with Gasteiger partial charge < -0.3 is 19.9 Å². The Balaban J connectivity index is 1.71. The van der Waals surface area contributed by atoms with E-state index in [4.69, 9.17) is 19.9 Å². The zero-order valence-electron chi connectivity index (χ0n) is 20.1. The third kappa shape index (κ3) is 6.16. The van der Waals surface area contributed by atoms with Gasteiger partial charge in [-0.05, 0) is 88.0 Å². The molecular formula is C27H37BrN2O3. The van der Waals surface area contributed by atoms with Gasteiger partial charge >= 0.3 is 0 Å². The van der Waals surface area contributed by atoms with Crippen molar-refractivity contribution < 1.29 is 14.2 Å². The van der Waals surface area contributed by atoms with Crippen molar-refractivity contribution in [3.8, 4) is 11.1 Å². The number of nitrogen functional groups attached to an aromatic ring is 1. The molecule has 0 bridgehead atoms. The van der Waals surface area contributed by atoms with E-state index in [1.54, 1.807) is 0 Å². The molecule has 2 aromatic rings. The van der Waals surface area contributed by atoms with E-state index in [0.717, 1.165) is 68.6 Å². The van der Waals surface area contributed by atoms with Gasteiger partial charge in [-0.1, -0.05) is 39.0 Å². The largest absolute Gasteiger partial charge is 0.383 e. The minimum absolute atomic E-state index is 0.0874. The maximum atomic E-state index is 5.94. The van der Waals surface area contributed by atoms with Gasteiger partial charge in [-0.15, -0.1) is 0 Å². The summed E-state index contributed by atoms with van der Waals surface area (Å²) in [4.78, 5) is 4.37. The van der Waals surface area contributed by atoms with Crippen LogP contribution in [0.2, 0.25) is 0 Å². The molecule has 0 amide bonds. The first-order valence-corrected chi connectivity index (χ1v) is 13.0. The van der Waals surface area contributed by atoms with E-state index in [0.29, 0.717) is 17.7 Å². The molecule has 2 fully saturated rings. The van der Waals surface area contributed by atoms with Crippen molar-refractivity contribution >= 4 is 21.7 Å². The Morgan fingerprint density at radius 1 is 1.06 bits per heavy atom. The molecule has 0 spiro atoms. The van der Waals surface area contributed by atoms with Gasteiger partial charge in [-0.3, -0.25) is 0 Å². The lowest BCUT2D eigenvalue weighted by atomic mass is 9.70. The summed E-state index contributed by atoms with van der Waals surface area (Å²) in [6.45, 7) is 10.3.